The smallest absolute Gasteiger partial charge is 0.222 e. The number of carbonyl (C=O) groups is 1. The molecule has 1 aromatic carbocycles. The molecule has 1 aliphatic carbocycles. The van der Waals surface area contributed by atoms with E-state index in [1.807, 2.05) is 12.1 Å². The van der Waals surface area contributed by atoms with Gasteiger partial charge in [0.2, 0.25) is 5.91 Å². The molecule has 5 nitrogen and oxygen atoms in total. The van der Waals surface area contributed by atoms with E-state index in [-0.39, 0.29) is 12.0 Å². The Bertz CT molecular complexity index is 599. The van der Waals surface area contributed by atoms with Crippen LogP contribution in [-0.4, -0.2) is 49.8 Å². The molecule has 0 bridgehead atoms. The molecule has 0 radical (unpaired) electrons. The highest BCUT2D eigenvalue weighted by Crippen LogP contribution is 2.36. The van der Waals surface area contributed by atoms with E-state index in [4.69, 9.17) is 9.47 Å². The minimum Gasteiger partial charge on any atom is -0.497 e. The van der Waals surface area contributed by atoms with E-state index in [0.717, 1.165) is 51.3 Å². The number of hydrogen-bond acceptors (Lipinski definition) is 4. The third-order valence-corrected chi connectivity index (χ3v) is 5.77. The molecule has 2 saturated heterocycles. The van der Waals surface area contributed by atoms with E-state index >= 15 is 0 Å². The Morgan fingerprint density at radius 2 is 2.08 bits per heavy atom. The first-order valence-corrected chi connectivity index (χ1v) is 9.47. The first kappa shape index (κ1) is 16.9. The van der Waals surface area contributed by atoms with Gasteiger partial charge in [-0.1, -0.05) is 12.1 Å². The Kier molecular flexibility index (Phi) is 4.95. The fraction of sp³-hybridized carbons (Fsp3) is 0.650. The van der Waals surface area contributed by atoms with Gasteiger partial charge in [-0.3, -0.25) is 9.69 Å². The van der Waals surface area contributed by atoms with Crippen LogP contribution in [0.2, 0.25) is 0 Å². The van der Waals surface area contributed by atoms with Gasteiger partial charge in [0.25, 0.3) is 0 Å². The maximum absolute atomic E-state index is 12.1. The molecule has 25 heavy (non-hydrogen) atoms. The number of fused-ring (bicyclic) bond motifs is 1. The lowest BCUT2D eigenvalue weighted by atomic mass is 9.83. The summed E-state index contributed by atoms with van der Waals surface area (Å²) in [6, 6.07) is 8.77. The summed E-state index contributed by atoms with van der Waals surface area (Å²) in [4.78, 5) is 14.6. The summed E-state index contributed by atoms with van der Waals surface area (Å²) < 4.78 is 11.2. The van der Waals surface area contributed by atoms with E-state index < -0.39 is 0 Å². The van der Waals surface area contributed by atoms with Crippen molar-refractivity contribution < 1.29 is 14.3 Å². The first-order valence-electron chi connectivity index (χ1n) is 9.47. The van der Waals surface area contributed by atoms with Gasteiger partial charge in [-0.05, 0) is 49.4 Å². The zero-order valence-corrected chi connectivity index (χ0v) is 14.9. The van der Waals surface area contributed by atoms with Gasteiger partial charge < -0.3 is 14.8 Å². The van der Waals surface area contributed by atoms with E-state index in [1.54, 1.807) is 7.11 Å². The summed E-state index contributed by atoms with van der Waals surface area (Å²) >= 11 is 0. The van der Waals surface area contributed by atoms with Gasteiger partial charge in [-0.2, -0.15) is 0 Å². The molecule has 1 saturated carbocycles. The largest absolute Gasteiger partial charge is 0.497 e. The number of carbonyl (C=O) groups excluding carboxylic acids is 1. The van der Waals surface area contributed by atoms with Crippen LogP contribution in [0.1, 0.15) is 31.2 Å². The van der Waals surface area contributed by atoms with Crippen molar-refractivity contribution in [1.29, 1.82) is 0 Å². The maximum atomic E-state index is 12.1. The molecule has 0 aromatic heterocycles. The van der Waals surface area contributed by atoms with E-state index in [1.165, 1.54) is 5.56 Å². The highest BCUT2D eigenvalue weighted by molar-refractivity contribution is 5.77. The molecule has 3 atom stereocenters. The van der Waals surface area contributed by atoms with Gasteiger partial charge in [0, 0.05) is 25.0 Å². The van der Waals surface area contributed by atoms with Crippen molar-refractivity contribution in [2.45, 2.75) is 44.4 Å². The summed E-state index contributed by atoms with van der Waals surface area (Å²) in [5.41, 5.74) is 1.32. The Morgan fingerprint density at radius 3 is 2.80 bits per heavy atom. The number of hydrogen-bond donors (Lipinski definition) is 1. The molecular formula is C20H28N2O3. The summed E-state index contributed by atoms with van der Waals surface area (Å²) in [6.07, 6.45) is 4.07. The quantitative estimate of drug-likeness (QED) is 0.860. The standard InChI is InChI=1S/C20H28N2O3/c1-24-17-6-2-14(3-7-17)11-22-9-8-18-15(12-22)13-25-19(18)10-20(23)21-16-4-5-16/h2-3,6-7,15-16,18-19H,4-5,8-13H2,1H3,(H,21,23)/t15-,18-,19+/m1/s1. The molecule has 3 fully saturated rings. The highest BCUT2D eigenvalue weighted by Gasteiger charge is 2.41. The minimum atomic E-state index is 0.117. The molecule has 2 aliphatic heterocycles. The normalized spacial score (nSPS) is 29.2. The van der Waals surface area contributed by atoms with E-state index in [9.17, 15) is 4.79 Å². The van der Waals surface area contributed by atoms with Crippen LogP contribution in [0.5, 0.6) is 5.75 Å². The first-order chi connectivity index (χ1) is 12.2. The van der Waals surface area contributed by atoms with Gasteiger partial charge in [0.05, 0.1) is 26.2 Å². The van der Waals surface area contributed by atoms with Crippen molar-refractivity contribution in [3.8, 4) is 5.75 Å². The number of nitrogens with zero attached hydrogens (tertiary/aromatic N) is 1. The van der Waals surface area contributed by atoms with Crippen molar-refractivity contribution in [2.24, 2.45) is 11.8 Å². The predicted molar refractivity (Wildman–Crippen MR) is 95.4 cm³/mol. The van der Waals surface area contributed by atoms with Crippen molar-refractivity contribution >= 4 is 5.91 Å². The highest BCUT2D eigenvalue weighted by atomic mass is 16.5. The van der Waals surface area contributed by atoms with Gasteiger partial charge in [-0.25, -0.2) is 0 Å². The fourth-order valence-corrected chi connectivity index (χ4v) is 4.20. The van der Waals surface area contributed by atoms with Crippen LogP contribution in [-0.2, 0) is 16.1 Å². The van der Waals surface area contributed by atoms with Crippen LogP contribution >= 0.6 is 0 Å². The molecule has 2 heterocycles. The molecular weight excluding hydrogens is 316 g/mol. The average molecular weight is 344 g/mol. The summed E-state index contributed by atoms with van der Waals surface area (Å²) in [5, 5.41) is 3.09. The lowest BCUT2D eigenvalue weighted by Crippen LogP contribution is -2.42. The fourth-order valence-electron chi connectivity index (χ4n) is 4.20. The van der Waals surface area contributed by atoms with Crippen LogP contribution < -0.4 is 10.1 Å². The summed E-state index contributed by atoms with van der Waals surface area (Å²) in [5.74, 6) is 2.18. The third kappa shape index (κ3) is 4.15. The zero-order valence-electron chi connectivity index (χ0n) is 14.9. The predicted octanol–water partition coefficient (Wildman–Crippen LogP) is 2.20. The second-order valence-electron chi connectivity index (χ2n) is 7.71. The van der Waals surface area contributed by atoms with Gasteiger partial charge in [0.1, 0.15) is 5.75 Å². The molecule has 1 aromatic rings. The number of benzene rings is 1. The van der Waals surface area contributed by atoms with Gasteiger partial charge in [-0.15, -0.1) is 0 Å². The molecule has 1 amide bonds. The van der Waals surface area contributed by atoms with Crippen molar-refractivity contribution in [2.75, 3.05) is 26.8 Å². The molecule has 0 spiro atoms. The Balaban J connectivity index is 1.27. The van der Waals surface area contributed by atoms with E-state index in [2.05, 4.69) is 22.3 Å². The lowest BCUT2D eigenvalue weighted by molar-refractivity contribution is -0.123. The molecule has 5 heteroatoms. The Morgan fingerprint density at radius 1 is 1.28 bits per heavy atom. The number of nitrogens with one attached hydrogen (secondary N) is 1. The lowest BCUT2D eigenvalue weighted by Gasteiger charge is -2.35. The van der Waals surface area contributed by atoms with Crippen LogP contribution in [0.4, 0.5) is 0 Å². The topological polar surface area (TPSA) is 50.8 Å². The summed E-state index contributed by atoms with van der Waals surface area (Å²) in [6.45, 7) is 3.92. The average Bonchev–Trinajstić information content (AvgIpc) is 3.35. The molecule has 0 unspecified atom stereocenters. The zero-order chi connectivity index (χ0) is 17.2. The number of rotatable bonds is 6. The number of methoxy groups -OCH3 is 1. The van der Waals surface area contributed by atoms with Gasteiger partial charge in [0.15, 0.2) is 0 Å². The van der Waals surface area contributed by atoms with Gasteiger partial charge >= 0.3 is 0 Å². The Labute approximate surface area is 149 Å². The molecule has 136 valence electrons. The van der Waals surface area contributed by atoms with Crippen molar-refractivity contribution in [1.82, 2.24) is 10.2 Å². The number of piperidine rings is 1. The SMILES string of the molecule is COc1ccc(CN2CC[C@@H]3[C@@H](CO[C@H]3CC(=O)NC3CC3)C2)cc1. The number of ether oxygens (including phenoxy) is 2. The van der Waals surface area contributed by atoms with Crippen molar-refractivity contribution in [3.05, 3.63) is 29.8 Å². The second kappa shape index (κ2) is 7.34. The summed E-state index contributed by atoms with van der Waals surface area (Å²) in [7, 11) is 1.70. The number of likely N-dealkylation sites (tertiary alicyclic amines) is 1. The monoisotopic (exact) mass is 344 g/mol. The molecule has 3 aliphatic rings. The minimum absolute atomic E-state index is 0.117. The third-order valence-electron chi connectivity index (χ3n) is 5.77. The molecule has 1 N–H and O–H groups in total. The van der Waals surface area contributed by atoms with Crippen LogP contribution in [0, 0.1) is 11.8 Å². The second-order valence-corrected chi connectivity index (χ2v) is 7.71. The van der Waals surface area contributed by atoms with Crippen LogP contribution in [0.25, 0.3) is 0 Å². The van der Waals surface area contributed by atoms with Crippen LogP contribution in [0.3, 0.4) is 0 Å². The maximum Gasteiger partial charge on any atom is 0.222 e. The van der Waals surface area contributed by atoms with Crippen LogP contribution in [0.15, 0.2) is 24.3 Å². The van der Waals surface area contributed by atoms with E-state index in [0.29, 0.717) is 24.3 Å². The van der Waals surface area contributed by atoms with Crippen molar-refractivity contribution in [3.63, 3.8) is 0 Å². The molecule has 4 rings (SSSR count). The Hall–Kier alpha value is -1.59. The number of amides is 1.